The molecule has 0 N–H and O–H groups in total. The summed E-state index contributed by atoms with van der Waals surface area (Å²) in [4.78, 5) is 0. The van der Waals surface area contributed by atoms with E-state index in [1.165, 1.54) is 20.8 Å². The molecule has 6 heteroatoms. The van der Waals surface area contributed by atoms with Gasteiger partial charge in [-0.25, -0.2) is 17.6 Å². The van der Waals surface area contributed by atoms with Gasteiger partial charge in [0, 0.05) is 5.57 Å². The maximum atomic E-state index is 13.3. The lowest BCUT2D eigenvalue weighted by Crippen LogP contribution is -2.31. The molecule has 0 aromatic heterocycles. The third-order valence-electron chi connectivity index (χ3n) is 2.17. The standard InChI is InChI=1S/C11H11F6/c1-10(2,3)4-5-6(12)7(13)9(15)11(16,17)8(5)14/h4H2,1-3H3. The lowest BCUT2D eigenvalue weighted by molar-refractivity contribution is -0.00311. The Kier molecular flexibility index (Phi) is 3.38. The quantitative estimate of drug-likeness (QED) is 0.583. The summed E-state index contributed by atoms with van der Waals surface area (Å²) >= 11 is 0. The zero-order chi connectivity index (χ0) is 13.6. The van der Waals surface area contributed by atoms with E-state index in [4.69, 9.17) is 0 Å². The van der Waals surface area contributed by atoms with E-state index in [1.54, 1.807) is 0 Å². The minimum absolute atomic E-state index is 0.457. The molecular weight excluding hydrogens is 246 g/mol. The fraction of sp³-hybridized carbons (Fsp3) is 0.545. The van der Waals surface area contributed by atoms with Gasteiger partial charge in [0.25, 0.3) is 0 Å². The van der Waals surface area contributed by atoms with Gasteiger partial charge in [0.15, 0.2) is 11.7 Å². The first-order valence-corrected chi connectivity index (χ1v) is 4.84. The van der Waals surface area contributed by atoms with Crippen molar-refractivity contribution in [3.05, 3.63) is 29.2 Å². The summed E-state index contributed by atoms with van der Waals surface area (Å²) in [5.74, 6) is -11.7. The van der Waals surface area contributed by atoms with Crippen molar-refractivity contribution in [3.8, 4) is 0 Å². The van der Waals surface area contributed by atoms with Gasteiger partial charge in [-0.3, -0.25) is 0 Å². The predicted octanol–water partition coefficient (Wildman–Crippen LogP) is 4.95. The smallest absolute Gasteiger partial charge is 0.227 e. The summed E-state index contributed by atoms with van der Waals surface area (Å²) in [7, 11) is 0. The average molecular weight is 257 g/mol. The fourth-order valence-corrected chi connectivity index (χ4v) is 1.43. The van der Waals surface area contributed by atoms with Crippen molar-refractivity contribution in [2.45, 2.75) is 33.1 Å². The van der Waals surface area contributed by atoms with Crippen molar-refractivity contribution in [1.29, 1.82) is 0 Å². The van der Waals surface area contributed by atoms with Gasteiger partial charge in [-0.15, -0.1) is 0 Å². The van der Waals surface area contributed by atoms with E-state index in [0.717, 1.165) is 0 Å². The minimum Gasteiger partial charge on any atom is -0.227 e. The Labute approximate surface area is 95.0 Å². The summed E-state index contributed by atoms with van der Waals surface area (Å²) < 4.78 is 78.0. The van der Waals surface area contributed by atoms with Gasteiger partial charge in [-0.05, 0) is 11.8 Å². The Morgan fingerprint density at radius 3 is 1.82 bits per heavy atom. The van der Waals surface area contributed by atoms with Crippen LogP contribution in [0.15, 0.2) is 23.1 Å². The Morgan fingerprint density at radius 2 is 1.41 bits per heavy atom. The molecule has 1 radical (unpaired) electrons. The largest absolute Gasteiger partial charge is 0.342 e. The monoisotopic (exact) mass is 257 g/mol. The molecule has 1 aliphatic carbocycles. The van der Waals surface area contributed by atoms with Crippen LogP contribution in [-0.4, -0.2) is 5.92 Å². The Balaban J connectivity index is 3.28. The van der Waals surface area contributed by atoms with Crippen molar-refractivity contribution < 1.29 is 26.3 Å². The number of allylic oxidation sites excluding steroid dienone is 4. The van der Waals surface area contributed by atoms with Crippen LogP contribution in [0.4, 0.5) is 26.3 Å². The van der Waals surface area contributed by atoms with E-state index in [0.29, 0.717) is 0 Å². The van der Waals surface area contributed by atoms with Gasteiger partial charge in [-0.1, -0.05) is 20.8 Å². The van der Waals surface area contributed by atoms with E-state index in [-0.39, 0.29) is 0 Å². The molecule has 1 aliphatic rings. The number of hydrogen-bond acceptors (Lipinski definition) is 0. The highest BCUT2D eigenvalue weighted by Crippen LogP contribution is 2.51. The molecule has 0 unspecified atom stereocenters. The first-order valence-electron chi connectivity index (χ1n) is 4.84. The van der Waals surface area contributed by atoms with Gasteiger partial charge in [0.2, 0.25) is 12.0 Å². The Morgan fingerprint density at radius 1 is 0.941 bits per heavy atom. The molecule has 0 spiro atoms. The van der Waals surface area contributed by atoms with Crippen LogP contribution < -0.4 is 0 Å². The number of alkyl halides is 2. The summed E-state index contributed by atoms with van der Waals surface area (Å²) in [5.41, 5.74) is -1.85. The van der Waals surface area contributed by atoms with Crippen molar-refractivity contribution in [3.63, 3.8) is 0 Å². The highest BCUT2D eigenvalue weighted by molar-refractivity contribution is 5.46. The highest BCUT2D eigenvalue weighted by Gasteiger charge is 2.55. The van der Waals surface area contributed by atoms with E-state index < -0.39 is 47.0 Å². The van der Waals surface area contributed by atoms with E-state index in [2.05, 4.69) is 0 Å². The molecule has 0 amide bonds. The van der Waals surface area contributed by atoms with Gasteiger partial charge >= 0.3 is 5.92 Å². The highest BCUT2D eigenvalue weighted by atomic mass is 19.3. The Bertz CT molecular complexity index is 385. The maximum Gasteiger partial charge on any atom is 0.342 e. The van der Waals surface area contributed by atoms with E-state index in [1.807, 2.05) is 0 Å². The van der Waals surface area contributed by atoms with Crippen LogP contribution in [0.5, 0.6) is 0 Å². The van der Waals surface area contributed by atoms with Crippen LogP contribution in [0.25, 0.3) is 0 Å². The Hall–Kier alpha value is -0.940. The molecule has 0 saturated carbocycles. The maximum absolute atomic E-state index is 13.3. The molecule has 0 saturated heterocycles. The molecule has 0 aliphatic heterocycles. The molecule has 1 rings (SSSR count). The summed E-state index contributed by atoms with van der Waals surface area (Å²) in [6, 6.07) is 0. The zero-order valence-corrected chi connectivity index (χ0v) is 9.47. The van der Waals surface area contributed by atoms with Crippen LogP contribution in [0.3, 0.4) is 0 Å². The zero-order valence-electron chi connectivity index (χ0n) is 9.47. The SMILES string of the molecule is CC(C)(C)CC1=C(F)C(F)=C(F)C(F)(F)[C]1F. The van der Waals surface area contributed by atoms with Crippen molar-refractivity contribution in [2.24, 2.45) is 5.41 Å². The first kappa shape index (κ1) is 14.1. The van der Waals surface area contributed by atoms with Gasteiger partial charge in [-0.2, -0.15) is 8.78 Å². The number of rotatable bonds is 1. The lowest BCUT2D eigenvalue weighted by atomic mass is 9.82. The third kappa shape index (κ3) is 2.50. The van der Waals surface area contributed by atoms with Gasteiger partial charge < -0.3 is 0 Å². The lowest BCUT2D eigenvalue weighted by Gasteiger charge is -2.28. The van der Waals surface area contributed by atoms with Crippen LogP contribution in [-0.2, 0) is 0 Å². The molecule has 17 heavy (non-hydrogen) atoms. The first-order chi connectivity index (χ1) is 7.48. The van der Waals surface area contributed by atoms with Crippen molar-refractivity contribution in [2.75, 3.05) is 0 Å². The third-order valence-corrected chi connectivity index (χ3v) is 2.17. The number of halogens is 6. The van der Waals surface area contributed by atoms with Crippen molar-refractivity contribution >= 4 is 0 Å². The summed E-state index contributed by atoms with van der Waals surface area (Å²) in [6.45, 7) is 4.60. The predicted molar refractivity (Wildman–Crippen MR) is 50.7 cm³/mol. The van der Waals surface area contributed by atoms with Crippen LogP contribution >= 0.6 is 0 Å². The average Bonchev–Trinajstić information content (AvgIpc) is 2.18. The summed E-state index contributed by atoms with van der Waals surface area (Å²) in [5, 5.41) is 0. The van der Waals surface area contributed by atoms with Gasteiger partial charge in [0.1, 0.15) is 0 Å². The molecule has 0 aromatic carbocycles. The second-order valence-electron chi connectivity index (χ2n) is 5.05. The van der Waals surface area contributed by atoms with E-state index >= 15 is 0 Å². The van der Waals surface area contributed by atoms with E-state index in [9.17, 15) is 26.3 Å². The molecular formula is C11H11F6. The topological polar surface area (TPSA) is 0 Å². The normalized spacial score (nSPS) is 22.4. The fourth-order valence-electron chi connectivity index (χ4n) is 1.43. The molecule has 0 nitrogen and oxygen atoms in total. The van der Waals surface area contributed by atoms with Crippen LogP contribution in [0, 0.1) is 11.6 Å². The number of hydrogen-bond donors (Lipinski definition) is 0. The molecule has 0 fully saturated rings. The second kappa shape index (κ2) is 4.07. The molecule has 0 heterocycles. The summed E-state index contributed by atoms with van der Waals surface area (Å²) in [6.07, 6.45) is -2.72. The molecule has 97 valence electrons. The van der Waals surface area contributed by atoms with Crippen LogP contribution in [0.2, 0.25) is 0 Å². The van der Waals surface area contributed by atoms with Crippen molar-refractivity contribution in [1.82, 2.24) is 0 Å². The minimum atomic E-state index is -4.72. The van der Waals surface area contributed by atoms with Crippen LogP contribution in [0.1, 0.15) is 27.2 Å². The second-order valence-corrected chi connectivity index (χ2v) is 5.05. The van der Waals surface area contributed by atoms with Gasteiger partial charge in [0.05, 0.1) is 0 Å². The molecule has 0 atom stereocenters. The molecule has 0 aromatic rings. The molecule has 0 bridgehead atoms.